The Morgan fingerprint density at radius 1 is 1.41 bits per heavy atom. The van der Waals surface area contributed by atoms with Crippen LogP contribution in [0.25, 0.3) is 0 Å². The lowest BCUT2D eigenvalue weighted by Gasteiger charge is -2.25. The van der Waals surface area contributed by atoms with Gasteiger partial charge in [0.1, 0.15) is 0 Å². The number of benzene rings is 1. The van der Waals surface area contributed by atoms with Gasteiger partial charge in [-0.1, -0.05) is 6.07 Å². The van der Waals surface area contributed by atoms with Gasteiger partial charge in [0.2, 0.25) is 11.8 Å². The van der Waals surface area contributed by atoms with E-state index >= 15 is 0 Å². The summed E-state index contributed by atoms with van der Waals surface area (Å²) in [7, 11) is 3.50. The maximum atomic E-state index is 12.2. The molecular weight excluding hydrogens is 346 g/mol. The number of carbonyl (C=O) groups is 2. The van der Waals surface area contributed by atoms with Gasteiger partial charge in [0.15, 0.2) is 0 Å². The van der Waals surface area contributed by atoms with Crippen LogP contribution in [0.4, 0.5) is 5.69 Å². The molecule has 0 aliphatic carbocycles. The number of hydrogen-bond donors (Lipinski definition) is 1. The minimum absolute atomic E-state index is 0.0711. The number of halogens is 1. The topological polar surface area (TPSA) is 52.7 Å². The van der Waals surface area contributed by atoms with Crippen molar-refractivity contribution in [2.24, 2.45) is 0 Å². The third-order valence-corrected chi connectivity index (χ3v) is 4.49. The van der Waals surface area contributed by atoms with Gasteiger partial charge in [0.25, 0.3) is 0 Å². The van der Waals surface area contributed by atoms with Crippen molar-refractivity contribution in [1.29, 1.82) is 0 Å². The Hall–Kier alpha value is -1.40. The number of hydrogen-bond acceptors (Lipinski definition) is 3. The molecule has 120 valence electrons. The van der Waals surface area contributed by atoms with E-state index in [2.05, 4.69) is 21.2 Å². The van der Waals surface area contributed by atoms with E-state index in [0.717, 1.165) is 35.1 Å². The van der Waals surface area contributed by atoms with Gasteiger partial charge < -0.3 is 10.2 Å². The molecule has 1 aromatic rings. The van der Waals surface area contributed by atoms with Gasteiger partial charge in [-0.25, -0.2) is 0 Å². The molecule has 0 saturated carbocycles. The second kappa shape index (κ2) is 7.24. The predicted molar refractivity (Wildman–Crippen MR) is 90.8 cm³/mol. The number of likely N-dealkylation sites (tertiary alicyclic amines) is 1. The summed E-state index contributed by atoms with van der Waals surface area (Å²) in [4.78, 5) is 27.9. The summed E-state index contributed by atoms with van der Waals surface area (Å²) in [6.45, 7) is 3.02. The molecule has 1 heterocycles. The first-order chi connectivity index (χ1) is 10.4. The van der Waals surface area contributed by atoms with Gasteiger partial charge in [-0.15, -0.1) is 0 Å². The maximum Gasteiger partial charge on any atom is 0.239 e. The summed E-state index contributed by atoms with van der Waals surface area (Å²) in [6, 6.07) is 5.62. The van der Waals surface area contributed by atoms with Crippen LogP contribution in [0.1, 0.15) is 18.4 Å². The van der Waals surface area contributed by atoms with E-state index in [0.29, 0.717) is 0 Å². The van der Waals surface area contributed by atoms with Crippen molar-refractivity contribution in [2.45, 2.75) is 25.8 Å². The summed E-state index contributed by atoms with van der Waals surface area (Å²) in [5, 5.41) is 2.90. The van der Waals surface area contributed by atoms with E-state index in [1.165, 1.54) is 0 Å². The lowest BCUT2D eigenvalue weighted by Crippen LogP contribution is -2.45. The number of carbonyl (C=O) groups excluding carboxylic acids is 2. The summed E-state index contributed by atoms with van der Waals surface area (Å²) >= 11 is 3.45. The molecule has 1 aliphatic rings. The summed E-state index contributed by atoms with van der Waals surface area (Å²) < 4.78 is 0.864. The average molecular weight is 368 g/mol. The molecule has 1 aromatic carbocycles. The standard InChI is InChI=1S/C16H22BrN3O2/c1-11-6-7-13(12(17)9-11)18-15(21)10-20-8-4-5-14(20)16(22)19(2)3/h6-7,9,14H,4-5,8,10H2,1-3H3,(H,18,21). The van der Waals surface area contributed by atoms with Crippen molar-refractivity contribution in [2.75, 3.05) is 32.5 Å². The summed E-state index contributed by atoms with van der Waals surface area (Å²) in [5.41, 5.74) is 1.88. The summed E-state index contributed by atoms with van der Waals surface area (Å²) in [5.74, 6) is -0.0233. The second-order valence-corrected chi connectivity index (χ2v) is 6.75. The van der Waals surface area contributed by atoms with Crippen LogP contribution < -0.4 is 5.32 Å². The highest BCUT2D eigenvalue weighted by molar-refractivity contribution is 9.10. The van der Waals surface area contributed by atoms with Gasteiger partial charge in [-0.2, -0.15) is 0 Å². The fraction of sp³-hybridized carbons (Fsp3) is 0.500. The molecule has 1 unspecified atom stereocenters. The molecule has 2 rings (SSSR count). The highest BCUT2D eigenvalue weighted by Crippen LogP contribution is 2.24. The first-order valence-electron chi connectivity index (χ1n) is 7.39. The Morgan fingerprint density at radius 2 is 2.14 bits per heavy atom. The van der Waals surface area contributed by atoms with Gasteiger partial charge in [0.05, 0.1) is 18.3 Å². The van der Waals surface area contributed by atoms with Crippen LogP contribution in [0, 0.1) is 6.92 Å². The van der Waals surface area contributed by atoms with E-state index in [1.807, 2.05) is 30.0 Å². The molecule has 1 fully saturated rings. The van der Waals surface area contributed by atoms with Crippen LogP contribution in [-0.4, -0.2) is 54.8 Å². The quantitative estimate of drug-likeness (QED) is 0.887. The van der Waals surface area contributed by atoms with Crippen LogP contribution in [0.15, 0.2) is 22.7 Å². The smallest absolute Gasteiger partial charge is 0.239 e. The fourth-order valence-corrected chi connectivity index (χ4v) is 3.28. The Balaban J connectivity index is 1.98. The van der Waals surface area contributed by atoms with E-state index in [4.69, 9.17) is 0 Å². The van der Waals surface area contributed by atoms with Crippen molar-refractivity contribution in [3.8, 4) is 0 Å². The second-order valence-electron chi connectivity index (χ2n) is 5.89. The van der Waals surface area contributed by atoms with E-state index in [9.17, 15) is 9.59 Å². The number of rotatable bonds is 4. The number of nitrogens with one attached hydrogen (secondary N) is 1. The first-order valence-corrected chi connectivity index (χ1v) is 8.19. The van der Waals surface area contributed by atoms with Crippen molar-refractivity contribution in [1.82, 2.24) is 9.80 Å². The number of nitrogens with zero attached hydrogens (tertiary/aromatic N) is 2. The van der Waals surface area contributed by atoms with Crippen LogP contribution in [0.2, 0.25) is 0 Å². The average Bonchev–Trinajstić information content (AvgIpc) is 2.89. The summed E-state index contributed by atoms with van der Waals surface area (Å²) in [6.07, 6.45) is 1.77. The zero-order valence-electron chi connectivity index (χ0n) is 13.2. The number of amides is 2. The molecule has 6 heteroatoms. The number of anilines is 1. The Bertz CT molecular complexity index is 575. The Kier molecular flexibility index (Phi) is 5.58. The van der Waals surface area contributed by atoms with Crippen LogP contribution >= 0.6 is 15.9 Å². The van der Waals surface area contributed by atoms with E-state index in [1.54, 1.807) is 19.0 Å². The monoisotopic (exact) mass is 367 g/mol. The normalized spacial score (nSPS) is 18.3. The largest absolute Gasteiger partial charge is 0.347 e. The van der Waals surface area contributed by atoms with E-state index in [-0.39, 0.29) is 24.4 Å². The third kappa shape index (κ3) is 4.08. The zero-order chi connectivity index (χ0) is 16.3. The molecule has 1 atom stereocenters. The van der Waals surface area contributed by atoms with Crippen molar-refractivity contribution < 1.29 is 9.59 Å². The van der Waals surface area contributed by atoms with Crippen molar-refractivity contribution in [3.05, 3.63) is 28.2 Å². The molecule has 5 nitrogen and oxygen atoms in total. The van der Waals surface area contributed by atoms with Crippen molar-refractivity contribution >= 4 is 33.4 Å². The minimum Gasteiger partial charge on any atom is -0.347 e. The molecule has 0 bridgehead atoms. The number of aryl methyl sites for hydroxylation is 1. The van der Waals surface area contributed by atoms with Crippen molar-refractivity contribution in [3.63, 3.8) is 0 Å². The first kappa shape index (κ1) is 17.0. The minimum atomic E-state index is -0.179. The predicted octanol–water partition coefficient (Wildman–Crippen LogP) is 2.25. The van der Waals surface area contributed by atoms with Gasteiger partial charge in [-0.3, -0.25) is 14.5 Å². The lowest BCUT2D eigenvalue weighted by molar-refractivity contribution is -0.133. The van der Waals surface area contributed by atoms with Crippen LogP contribution in [0.5, 0.6) is 0 Å². The molecular formula is C16H22BrN3O2. The molecule has 1 saturated heterocycles. The SMILES string of the molecule is Cc1ccc(NC(=O)CN2CCCC2C(=O)N(C)C)c(Br)c1. The fourth-order valence-electron chi connectivity index (χ4n) is 2.69. The highest BCUT2D eigenvalue weighted by Gasteiger charge is 2.32. The zero-order valence-corrected chi connectivity index (χ0v) is 14.8. The Morgan fingerprint density at radius 3 is 2.77 bits per heavy atom. The lowest BCUT2D eigenvalue weighted by atomic mass is 10.2. The van der Waals surface area contributed by atoms with Gasteiger partial charge in [-0.05, 0) is 59.9 Å². The van der Waals surface area contributed by atoms with Gasteiger partial charge >= 0.3 is 0 Å². The molecule has 0 spiro atoms. The Labute approximate surface area is 139 Å². The molecule has 2 amide bonds. The maximum absolute atomic E-state index is 12.2. The van der Waals surface area contributed by atoms with E-state index < -0.39 is 0 Å². The number of likely N-dealkylation sites (N-methyl/N-ethyl adjacent to an activating group) is 1. The van der Waals surface area contributed by atoms with Crippen LogP contribution in [0.3, 0.4) is 0 Å². The molecule has 0 radical (unpaired) electrons. The molecule has 1 N–H and O–H groups in total. The third-order valence-electron chi connectivity index (χ3n) is 3.83. The molecule has 22 heavy (non-hydrogen) atoms. The molecule has 1 aliphatic heterocycles. The van der Waals surface area contributed by atoms with Gasteiger partial charge in [0, 0.05) is 18.6 Å². The highest BCUT2D eigenvalue weighted by atomic mass is 79.9. The van der Waals surface area contributed by atoms with Crippen LogP contribution in [-0.2, 0) is 9.59 Å². The molecule has 0 aromatic heterocycles.